The van der Waals surface area contributed by atoms with Crippen molar-refractivity contribution in [1.29, 1.82) is 0 Å². The molecule has 2 nitrogen and oxygen atoms in total. The molecule has 2 aliphatic rings. The van der Waals surface area contributed by atoms with Gasteiger partial charge in [-0.15, -0.1) is 0 Å². The highest BCUT2D eigenvalue weighted by Gasteiger charge is 2.33. The normalized spacial score (nSPS) is 40.7. The van der Waals surface area contributed by atoms with E-state index in [1.807, 2.05) is 0 Å². The van der Waals surface area contributed by atoms with Crippen LogP contribution in [0, 0.1) is 11.8 Å². The lowest BCUT2D eigenvalue weighted by molar-refractivity contribution is 0.182. The molecule has 0 aromatic rings. The highest BCUT2D eigenvalue weighted by molar-refractivity contribution is 5.81. The second-order valence-corrected chi connectivity index (χ2v) is 3.13. The van der Waals surface area contributed by atoms with Crippen molar-refractivity contribution in [3.05, 3.63) is 0 Å². The molecule has 2 N–H and O–H groups in total. The number of hydrogen-bond donors (Lipinski definition) is 1. The highest BCUT2D eigenvalue weighted by atomic mass is 14.9. The van der Waals surface area contributed by atoms with Gasteiger partial charge >= 0.3 is 0 Å². The zero-order chi connectivity index (χ0) is 6.27. The summed E-state index contributed by atoms with van der Waals surface area (Å²) in [5, 5.41) is 0. The first-order chi connectivity index (χ1) is 4.36. The summed E-state index contributed by atoms with van der Waals surface area (Å²) >= 11 is 0. The van der Waals surface area contributed by atoms with E-state index in [1.54, 1.807) is 0 Å². The van der Waals surface area contributed by atoms with Gasteiger partial charge in [0.2, 0.25) is 0 Å². The van der Waals surface area contributed by atoms with E-state index < -0.39 is 0 Å². The third kappa shape index (κ3) is 0.732. The molecule has 1 fully saturated rings. The Balaban J connectivity index is 2.07. The minimum atomic E-state index is 0.885. The van der Waals surface area contributed by atoms with E-state index in [4.69, 9.17) is 5.73 Å². The van der Waals surface area contributed by atoms with Crippen molar-refractivity contribution in [2.45, 2.75) is 19.3 Å². The summed E-state index contributed by atoms with van der Waals surface area (Å²) < 4.78 is 0. The maximum atomic E-state index is 5.57. The van der Waals surface area contributed by atoms with Gasteiger partial charge in [0, 0.05) is 13.0 Å². The molecule has 1 aliphatic heterocycles. The average molecular weight is 124 g/mol. The molecule has 0 unspecified atom stereocenters. The second-order valence-electron chi connectivity index (χ2n) is 3.13. The molecule has 0 radical (unpaired) electrons. The van der Waals surface area contributed by atoms with Crippen LogP contribution in [0.3, 0.4) is 0 Å². The Morgan fingerprint density at radius 2 is 2.11 bits per heavy atom. The first-order valence-electron chi connectivity index (χ1n) is 3.65. The van der Waals surface area contributed by atoms with Gasteiger partial charge < -0.3 is 5.73 Å². The van der Waals surface area contributed by atoms with Crippen LogP contribution in [0.2, 0.25) is 0 Å². The van der Waals surface area contributed by atoms with Gasteiger partial charge in [-0.1, -0.05) is 0 Å². The van der Waals surface area contributed by atoms with E-state index in [0.717, 1.165) is 30.6 Å². The van der Waals surface area contributed by atoms with E-state index in [2.05, 4.69) is 4.99 Å². The van der Waals surface area contributed by atoms with E-state index in [-0.39, 0.29) is 0 Å². The number of amidine groups is 1. The van der Waals surface area contributed by atoms with Crippen molar-refractivity contribution < 1.29 is 0 Å². The third-order valence-electron chi connectivity index (χ3n) is 2.58. The maximum Gasteiger partial charge on any atom is 0.0940 e. The highest BCUT2D eigenvalue weighted by Crippen LogP contribution is 2.38. The topological polar surface area (TPSA) is 38.4 Å². The monoisotopic (exact) mass is 124 g/mol. The van der Waals surface area contributed by atoms with Crippen molar-refractivity contribution in [3.63, 3.8) is 0 Å². The minimum Gasteiger partial charge on any atom is -0.387 e. The van der Waals surface area contributed by atoms with Gasteiger partial charge in [-0.3, -0.25) is 4.99 Å². The molecule has 0 saturated heterocycles. The van der Waals surface area contributed by atoms with Crippen molar-refractivity contribution in [3.8, 4) is 0 Å². The molecule has 0 bridgehead atoms. The molecule has 1 aliphatic carbocycles. The summed E-state index contributed by atoms with van der Waals surface area (Å²) in [6, 6.07) is 0. The minimum absolute atomic E-state index is 0.885. The largest absolute Gasteiger partial charge is 0.387 e. The Hall–Kier alpha value is -0.530. The van der Waals surface area contributed by atoms with Crippen molar-refractivity contribution >= 4 is 5.84 Å². The van der Waals surface area contributed by atoms with Gasteiger partial charge in [-0.2, -0.15) is 0 Å². The molecule has 2 atom stereocenters. The fraction of sp³-hybridized carbons (Fsp3) is 0.857. The van der Waals surface area contributed by atoms with Crippen LogP contribution >= 0.6 is 0 Å². The SMILES string of the molecule is NC1=NC[C@@H]2CC[C@@H]2C1. The van der Waals surface area contributed by atoms with Crippen LogP contribution in [0.5, 0.6) is 0 Å². The van der Waals surface area contributed by atoms with Crippen molar-refractivity contribution in [2.24, 2.45) is 22.6 Å². The predicted octanol–water partition coefficient (Wildman–Crippen LogP) is 0.774. The lowest BCUT2D eigenvalue weighted by Gasteiger charge is -2.38. The number of hydrogen-bond acceptors (Lipinski definition) is 2. The Labute approximate surface area is 55.2 Å². The molecule has 0 aromatic heterocycles. The molecule has 1 saturated carbocycles. The summed E-state index contributed by atoms with van der Waals surface area (Å²) in [7, 11) is 0. The van der Waals surface area contributed by atoms with Crippen molar-refractivity contribution in [1.82, 2.24) is 0 Å². The van der Waals surface area contributed by atoms with Crippen LogP contribution in [-0.2, 0) is 0 Å². The third-order valence-corrected chi connectivity index (χ3v) is 2.58. The molecular weight excluding hydrogens is 112 g/mol. The van der Waals surface area contributed by atoms with E-state index in [1.165, 1.54) is 12.8 Å². The summed E-state index contributed by atoms with van der Waals surface area (Å²) in [5.41, 5.74) is 5.57. The van der Waals surface area contributed by atoms with Gasteiger partial charge in [0.15, 0.2) is 0 Å². The summed E-state index contributed by atoms with van der Waals surface area (Å²) in [6.45, 7) is 1.01. The van der Waals surface area contributed by atoms with Gasteiger partial charge in [0.05, 0.1) is 5.84 Å². The molecule has 0 spiro atoms. The van der Waals surface area contributed by atoms with Gasteiger partial charge in [0.25, 0.3) is 0 Å². The van der Waals surface area contributed by atoms with Gasteiger partial charge in [-0.05, 0) is 24.7 Å². The standard InChI is InChI=1S/C7H12N2/c8-7-3-5-1-2-6(5)4-9-7/h5-6H,1-4H2,(H2,8,9)/t5-,6+/m1/s1. The molecule has 2 heteroatoms. The predicted molar refractivity (Wildman–Crippen MR) is 37.3 cm³/mol. The first-order valence-corrected chi connectivity index (χ1v) is 3.65. The zero-order valence-electron chi connectivity index (χ0n) is 5.51. The summed E-state index contributed by atoms with van der Waals surface area (Å²) in [5.74, 6) is 2.69. The molecule has 1 heterocycles. The van der Waals surface area contributed by atoms with Gasteiger partial charge in [-0.25, -0.2) is 0 Å². The summed E-state index contributed by atoms with van der Waals surface area (Å²) in [4.78, 5) is 4.21. The smallest absolute Gasteiger partial charge is 0.0940 e. The Bertz CT molecular complexity index is 151. The van der Waals surface area contributed by atoms with Crippen LogP contribution in [0.4, 0.5) is 0 Å². The van der Waals surface area contributed by atoms with Gasteiger partial charge in [0.1, 0.15) is 0 Å². The zero-order valence-corrected chi connectivity index (χ0v) is 5.51. The summed E-state index contributed by atoms with van der Waals surface area (Å²) in [6.07, 6.45) is 3.85. The number of rotatable bonds is 0. The quantitative estimate of drug-likeness (QED) is 0.509. The fourth-order valence-corrected chi connectivity index (χ4v) is 1.71. The number of aliphatic imine (C=N–C) groups is 1. The van der Waals surface area contributed by atoms with Crippen LogP contribution in [-0.4, -0.2) is 12.4 Å². The number of nitrogens with two attached hydrogens (primary N) is 1. The Morgan fingerprint density at radius 1 is 1.33 bits per heavy atom. The van der Waals surface area contributed by atoms with E-state index >= 15 is 0 Å². The van der Waals surface area contributed by atoms with E-state index in [0.29, 0.717) is 0 Å². The average Bonchev–Trinajstić information content (AvgIpc) is 1.78. The van der Waals surface area contributed by atoms with Crippen LogP contribution in [0.15, 0.2) is 4.99 Å². The molecular formula is C7H12N2. The molecule has 50 valence electrons. The van der Waals surface area contributed by atoms with Crippen molar-refractivity contribution in [2.75, 3.05) is 6.54 Å². The van der Waals surface area contributed by atoms with E-state index in [9.17, 15) is 0 Å². The molecule has 2 rings (SSSR count). The lowest BCUT2D eigenvalue weighted by atomic mass is 9.70. The fourth-order valence-electron chi connectivity index (χ4n) is 1.71. The molecule has 9 heavy (non-hydrogen) atoms. The molecule has 0 aromatic carbocycles. The molecule has 0 amide bonds. The Kier molecular flexibility index (Phi) is 1.01. The van der Waals surface area contributed by atoms with Crippen LogP contribution in [0.25, 0.3) is 0 Å². The van der Waals surface area contributed by atoms with Crippen LogP contribution < -0.4 is 5.73 Å². The first kappa shape index (κ1) is 5.27. The lowest BCUT2D eigenvalue weighted by Crippen LogP contribution is -2.36. The van der Waals surface area contributed by atoms with Crippen LogP contribution in [0.1, 0.15) is 19.3 Å². The number of nitrogens with zero attached hydrogens (tertiary/aromatic N) is 1. The maximum absolute atomic E-state index is 5.57. The number of fused-ring (bicyclic) bond motifs is 1. The second kappa shape index (κ2) is 1.72. The Morgan fingerprint density at radius 3 is 2.56 bits per heavy atom.